The molecule has 2 rings (SSSR count). The minimum absolute atomic E-state index is 0.130. The molecule has 0 spiro atoms. The number of primary amides is 1. The molecule has 0 atom stereocenters. The van der Waals surface area contributed by atoms with Gasteiger partial charge in [-0.15, -0.1) is 0 Å². The van der Waals surface area contributed by atoms with Crippen molar-refractivity contribution in [3.8, 4) is 0 Å². The van der Waals surface area contributed by atoms with Crippen molar-refractivity contribution in [2.24, 2.45) is 5.73 Å². The maximum absolute atomic E-state index is 12.2. The number of rotatable bonds is 5. The Morgan fingerprint density at radius 1 is 1.14 bits per heavy atom. The molecule has 21 heavy (non-hydrogen) atoms. The molecule has 0 unspecified atom stereocenters. The first-order chi connectivity index (χ1) is 9.87. The summed E-state index contributed by atoms with van der Waals surface area (Å²) in [5, 5.41) is 0. The monoisotopic (exact) mass is 304 g/mol. The molecular weight excluding hydrogens is 288 g/mol. The normalized spacial score (nSPS) is 11.1. The van der Waals surface area contributed by atoms with Gasteiger partial charge >= 0.3 is 0 Å². The van der Waals surface area contributed by atoms with Gasteiger partial charge < -0.3 is 5.73 Å². The zero-order chi connectivity index (χ0) is 15.5. The van der Waals surface area contributed by atoms with Gasteiger partial charge in [0.15, 0.2) is 0 Å². The van der Waals surface area contributed by atoms with E-state index in [-0.39, 0.29) is 11.3 Å². The zero-order valence-electron chi connectivity index (χ0n) is 11.5. The van der Waals surface area contributed by atoms with Crippen molar-refractivity contribution >= 4 is 21.6 Å². The molecule has 5 nitrogen and oxygen atoms in total. The average Bonchev–Trinajstić information content (AvgIpc) is 2.40. The Morgan fingerprint density at radius 2 is 1.81 bits per heavy atom. The molecule has 0 aliphatic carbocycles. The molecule has 0 saturated heterocycles. The van der Waals surface area contributed by atoms with Crippen LogP contribution in [-0.2, 0) is 21.2 Å². The van der Waals surface area contributed by atoms with Crippen LogP contribution < -0.4 is 10.5 Å². The number of hydrogen-bond donors (Lipinski definition) is 2. The van der Waals surface area contributed by atoms with Crippen molar-refractivity contribution < 1.29 is 13.2 Å². The zero-order valence-corrected chi connectivity index (χ0v) is 12.4. The molecule has 0 bridgehead atoms. The van der Waals surface area contributed by atoms with Gasteiger partial charge in [0.1, 0.15) is 0 Å². The number of anilines is 1. The molecule has 2 aromatic rings. The number of hydrogen-bond acceptors (Lipinski definition) is 3. The summed E-state index contributed by atoms with van der Waals surface area (Å²) in [7, 11) is -3.61. The fourth-order valence-corrected chi connectivity index (χ4v) is 3.05. The van der Waals surface area contributed by atoms with Crippen LogP contribution in [0.2, 0.25) is 0 Å². The van der Waals surface area contributed by atoms with E-state index in [0.717, 1.165) is 11.1 Å². The molecule has 6 heteroatoms. The summed E-state index contributed by atoms with van der Waals surface area (Å²) in [4.78, 5) is 11.0. The van der Waals surface area contributed by atoms with Crippen LogP contribution in [0.25, 0.3) is 0 Å². The number of nitrogens with two attached hydrogens (primary N) is 1. The lowest BCUT2D eigenvalue weighted by Gasteiger charge is -2.09. The van der Waals surface area contributed by atoms with Crippen molar-refractivity contribution in [1.82, 2.24) is 0 Å². The van der Waals surface area contributed by atoms with Crippen molar-refractivity contribution in [2.75, 3.05) is 4.72 Å². The maximum atomic E-state index is 12.2. The van der Waals surface area contributed by atoms with Gasteiger partial charge in [-0.1, -0.05) is 24.3 Å². The summed E-state index contributed by atoms with van der Waals surface area (Å²) in [5.74, 6) is -0.428. The number of carbonyl (C=O) groups is 1. The maximum Gasteiger partial charge on any atom is 0.261 e. The molecule has 3 N–H and O–H groups in total. The Balaban J connectivity index is 2.19. The van der Waals surface area contributed by atoms with Crippen molar-refractivity contribution in [3.63, 3.8) is 0 Å². The molecule has 0 heterocycles. The highest BCUT2D eigenvalue weighted by Crippen LogP contribution is 2.17. The van der Waals surface area contributed by atoms with Crippen LogP contribution in [0.3, 0.4) is 0 Å². The van der Waals surface area contributed by atoms with E-state index in [9.17, 15) is 13.2 Å². The second-order valence-electron chi connectivity index (χ2n) is 4.76. The van der Waals surface area contributed by atoms with Crippen LogP contribution in [-0.4, -0.2) is 14.3 Å². The SMILES string of the molecule is Cc1cccc(S(=O)(=O)Nc2ccc(CC(N)=O)cc2)c1. The number of benzene rings is 2. The van der Waals surface area contributed by atoms with Crippen LogP contribution in [0.4, 0.5) is 5.69 Å². The molecule has 0 aliphatic heterocycles. The van der Waals surface area contributed by atoms with E-state index < -0.39 is 15.9 Å². The lowest BCUT2D eigenvalue weighted by Crippen LogP contribution is -2.14. The highest BCUT2D eigenvalue weighted by Gasteiger charge is 2.14. The minimum atomic E-state index is -3.61. The quantitative estimate of drug-likeness (QED) is 0.883. The van der Waals surface area contributed by atoms with E-state index >= 15 is 0 Å². The van der Waals surface area contributed by atoms with Crippen molar-refractivity contribution in [3.05, 3.63) is 59.7 Å². The number of sulfonamides is 1. The molecule has 0 fully saturated rings. The first-order valence-corrected chi connectivity index (χ1v) is 7.82. The van der Waals surface area contributed by atoms with E-state index in [2.05, 4.69) is 4.72 Å². The van der Waals surface area contributed by atoms with Gasteiger partial charge in [-0.05, 0) is 42.3 Å². The number of amides is 1. The minimum Gasteiger partial charge on any atom is -0.369 e. The molecule has 0 radical (unpaired) electrons. The lowest BCUT2D eigenvalue weighted by molar-refractivity contribution is -0.117. The summed E-state index contributed by atoms with van der Waals surface area (Å²) in [6.45, 7) is 1.83. The summed E-state index contributed by atoms with van der Waals surface area (Å²) in [5.41, 5.74) is 7.15. The number of carbonyl (C=O) groups excluding carboxylic acids is 1. The van der Waals surface area contributed by atoms with Crippen molar-refractivity contribution in [1.29, 1.82) is 0 Å². The standard InChI is InChI=1S/C15H16N2O3S/c1-11-3-2-4-14(9-11)21(19,20)17-13-7-5-12(6-8-13)10-15(16)18/h2-9,17H,10H2,1H3,(H2,16,18). The predicted molar refractivity (Wildman–Crippen MR) is 81.3 cm³/mol. The highest BCUT2D eigenvalue weighted by atomic mass is 32.2. The summed E-state index contributed by atoms with van der Waals surface area (Å²) >= 11 is 0. The number of aryl methyl sites for hydroxylation is 1. The van der Waals surface area contributed by atoms with Crippen LogP contribution in [0.1, 0.15) is 11.1 Å². The average molecular weight is 304 g/mol. The summed E-state index contributed by atoms with van der Waals surface area (Å²) in [6.07, 6.45) is 0.130. The molecular formula is C15H16N2O3S. The van der Waals surface area contributed by atoms with Gasteiger partial charge in [0, 0.05) is 5.69 Å². The fourth-order valence-electron chi connectivity index (χ4n) is 1.89. The van der Waals surface area contributed by atoms with Gasteiger partial charge in [-0.2, -0.15) is 0 Å². The Kier molecular flexibility index (Phi) is 4.28. The van der Waals surface area contributed by atoms with E-state index in [1.54, 1.807) is 36.4 Å². The molecule has 0 aliphatic rings. The van der Waals surface area contributed by atoms with Gasteiger partial charge in [-0.25, -0.2) is 8.42 Å². The van der Waals surface area contributed by atoms with Crippen molar-refractivity contribution in [2.45, 2.75) is 18.2 Å². The molecule has 0 aromatic heterocycles. The van der Waals surface area contributed by atoms with Crippen LogP contribution in [0.5, 0.6) is 0 Å². The Labute approximate surface area is 123 Å². The molecule has 0 saturated carbocycles. The van der Waals surface area contributed by atoms with Gasteiger partial charge in [0.05, 0.1) is 11.3 Å². The fraction of sp³-hybridized carbons (Fsp3) is 0.133. The lowest BCUT2D eigenvalue weighted by atomic mass is 10.1. The first kappa shape index (κ1) is 15.1. The van der Waals surface area contributed by atoms with Crippen LogP contribution >= 0.6 is 0 Å². The van der Waals surface area contributed by atoms with E-state index in [0.29, 0.717) is 5.69 Å². The second kappa shape index (κ2) is 5.97. The Bertz CT molecular complexity index is 753. The predicted octanol–water partition coefficient (Wildman–Crippen LogP) is 1.82. The topological polar surface area (TPSA) is 89.3 Å². The smallest absolute Gasteiger partial charge is 0.261 e. The Hall–Kier alpha value is -2.34. The third-order valence-electron chi connectivity index (χ3n) is 2.88. The van der Waals surface area contributed by atoms with Crippen LogP contribution in [0.15, 0.2) is 53.4 Å². The molecule has 1 amide bonds. The first-order valence-electron chi connectivity index (χ1n) is 6.33. The summed E-state index contributed by atoms with van der Waals surface area (Å²) < 4.78 is 27.0. The third-order valence-corrected chi connectivity index (χ3v) is 4.26. The molecule has 110 valence electrons. The third kappa shape index (κ3) is 4.06. The van der Waals surface area contributed by atoms with Crippen LogP contribution in [0, 0.1) is 6.92 Å². The van der Waals surface area contributed by atoms with Gasteiger partial charge in [0.25, 0.3) is 10.0 Å². The number of nitrogens with one attached hydrogen (secondary N) is 1. The second-order valence-corrected chi connectivity index (χ2v) is 6.44. The Morgan fingerprint density at radius 3 is 2.38 bits per heavy atom. The summed E-state index contributed by atoms with van der Waals surface area (Å²) in [6, 6.07) is 13.2. The van der Waals surface area contributed by atoms with E-state index in [1.165, 1.54) is 6.07 Å². The molecule has 2 aromatic carbocycles. The largest absolute Gasteiger partial charge is 0.369 e. The van der Waals surface area contributed by atoms with E-state index in [4.69, 9.17) is 5.73 Å². The van der Waals surface area contributed by atoms with Gasteiger partial charge in [-0.3, -0.25) is 9.52 Å². The van der Waals surface area contributed by atoms with E-state index in [1.807, 2.05) is 13.0 Å². The van der Waals surface area contributed by atoms with Gasteiger partial charge in [0.2, 0.25) is 5.91 Å². The highest BCUT2D eigenvalue weighted by molar-refractivity contribution is 7.92.